The van der Waals surface area contributed by atoms with Crippen LogP contribution in [0.3, 0.4) is 0 Å². The fourth-order valence-electron chi connectivity index (χ4n) is 4.26. The number of fused-ring (bicyclic) bond motifs is 1. The molecule has 0 N–H and O–H groups in total. The van der Waals surface area contributed by atoms with E-state index in [1.807, 2.05) is 84.6 Å². The van der Waals surface area contributed by atoms with E-state index in [-0.39, 0.29) is 5.91 Å². The Labute approximate surface area is 210 Å². The lowest BCUT2D eigenvalue weighted by Crippen LogP contribution is -2.41. The van der Waals surface area contributed by atoms with Gasteiger partial charge in [-0.25, -0.2) is 4.98 Å². The van der Waals surface area contributed by atoms with Crippen LogP contribution in [0, 0.1) is 6.92 Å². The number of aromatic nitrogens is 1. The first-order chi connectivity index (χ1) is 16.5. The molecular formula is C28H30ClN3OS. The van der Waals surface area contributed by atoms with Crippen LogP contribution in [0.15, 0.2) is 72.8 Å². The Balaban J connectivity index is 1.79. The molecule has 0 aliphatic heterocycles. The number of carbonyl (C=O) groups excluding carboxylic acids is 1. The Morgan fingerprint density at radius 2 is 1.53 bits per heavy atom. The lowest BCUT2D eigenvalue weighted by atomic mass is 9.90. The van der Waals surface area contributed by atoms with Crippen molar-refractivity contribution in [3.63, 3.8) is 0 Å². The molecule has 0 saturated heterocycles. The van der Waals surface area contributed by atoms with Gasteiger partial charge < -0.3 is 4.90 Å². The van der Waals surface area contributed by atoms with Crippen LogP contribution in [0.5, 0.6) is 0 Å². The third-order valence-electron chi connectivity index (χ3n) is 6.18. The predicted octanol–water partition coefficient (Wildman–Crippen LogP) is 6.77. The van der Waals surface area contributed by atoms with Gasteiger partial charge in [-0.2, -0.15) is 0 Å². The maximum Gasteiger partial charge on any atom is 0.240 e. The second kappa shape index (κ2) is 11.1. The number of nitrogens with zero attached hydrogens (tertiary/aromatic N) is 3. The molecule has 0 bridgehead atoms. The van der Waals surface area contributed by atoms with Crippen LogP contribution in [0.25, 0.3) is 10.2 Å². The lowest BCUT2D eigenvalue weighted by molar-refractivity contribution is -0.119. The second-order valence-corrected chi connectivity index (χ2v) is 9.78. The number of thiazole rings is 1. The number of hydrogen-bond donors (Lipinski definition) is 0. The molecule has 0 atom stereocenters. The molecule has 0 aliphatic rings. The first-order valence-electron chi connectivity index (χ1n) is 11.7. The van der Waals surface area contributed by atoms with Gasteiger partial charge in [-0.05, 0) is 48.8 Å². The Kier molecular flexibility index (Phi) is 7.99. The van der Waals surface area contributed by atoms with E-state index in [2.05, 4.69) is 18.7 Å². The molecule has 0 aliphatic carbocycles. The number of carbonyl (C=O) groups is 1. The molecule has 4 rings (SSSR count). The highest BCUT2D eigenvalue weighted by Crippen LogP contribution is 2.35. The molecule has 0 radical (unpaired) electrons. The molecule has 0 unspecified atom stereocenters. The molecule has 3 aromatic carbocycles. The fourth-order valence-corrected chi connectivity index (χ4v) is 5.72. The van der Waals surface area contributed by atoms with Crippen molar-refractivity contribution in [3.8, 4) is 0 Å². The van der Waals surface area contributed by atoms with Crippen molar-refractivity contribution in [2.75, 3.05) is 31.1 Å². The summed E-state index contributed by atoms with van der Waals surface area (Å²) < 4.78 is 0.997. The highest BCUT2D eigenvalue weighted by molar-refractivity contribution is 7.22. The molecule has 1 aromatic heterocycles. The van der Waals surface area contributed by atoms with Crippen LogP contribution >= 0.6 is 22.9 Å². The number of rotatable bonds is 9. The average molecular weight is 492 g/mol. The van der Waals surface area contributed by atoms with Gasteiger partial charge in [0.25, 0.3) is 0 Å². The molecule has 4 nitrogen and oxygen atoms in total. The molecule has 0 spiro atoms. The monoisotopic (exact) mass is 491 g/mol. The van der Waals surface area contributed by atoms with Gasteiger partial charge in [0, 0.05) is 18.1 Å². The van der Waals surface area contributed by atoms with Gasteiger partial charge in [-0.15, -0.1) is 0 Å². The minimum atomic E-state index is -0.407. The number of halogens is 1. The summed E-state index contributed by atoms with van der Waals surface area (Å²) in [6.07, 6.45) is 0. The Hall–Kier alpha value is -2.73. The summed E-state index contributed by atoms with van der Waals surface area (Å²) in [4.78, 5) is 23.4. The van der Waals surface area contributed by atoms with Crippen LogP contribution in [-0.4, -0.2) is 42.0 Å². The average Bonchev–Trinajstić information content (AvgIpc) is 3.27. The van der Waals surface area contributed by atoms with Crippen molar-refractivity contribution < 1.29 is 4.79 Å². The van der Waals surface area contributed by atoms with Gasteiger partial charge in [0.15, 0.2) is 5.13 Å². The van der Waals surface area contributed by atoms with Crippen LogP contribution in [-0.2, 0) is 4.79 Å². The SMILES string of the molecule is CCN(CC)CCN(C(=O)C(c1ccccc1)c1ccccc1)c1nc2c(C)cc(Cl)cc2s1. The third-order valence-corrected chi connectivity index (χ3v) is 7.43. The van der Waals surface area contributed by atoms with Crippen LogP contribution in [0.4, 0.5) is 5.13 Å². The van der Waals surface area contributed by atoms with Crippen molar-refractivity contribution in [3.05, 3.63) is 94.5 Å². The quantitative estimate of drug-likeness (QED) is 0.259. The maximum absolute atomic E-state index is 14.3. The summed E-state index contributed by atoms with van der Waals surface area (Å²) in [6, 6.07) is 23.9. The molecule has 0 saturated carbocycles. The van der Waals surface area contributed by atoms with E-state index in [1.54, 1.807) is 0 Å². The van der Waals surface area contributed by atoms with E-state index < -0.39 is 5.92 Å². The van der Waals surface area contributed by atoms with E-state index in [4.69, 9.17) is 16.6 Å². The summed E-state index contributed by atoms with van der Waals surface area (Å²) >= 11 is 7.85. The van der Waals surface area contributed by atoms with Gasteiger partial charge in [-0.1, -0.05) is 97.4 Å². The molecule has 4 aromatic rings. The second-order valence-electron chi connectivity index (χ2n) is 8.34. The van der Waals surface area contributed by atoms with Crippen molar-refractivity contribution in [2.24, 2.45) is 0 Å². The summed E-state index contributed by atoms with van der Waals surface area (Å²) in [6.45, 7) is 9.54. The molecule has 1 amide bonds. The standard InChI is InChI=1S/C28H30ClN3OS/c1-4-31(5-2)16-17-32(28-30-26-20(3)18-23(29)19-24(26)34-28)27(33)25(21-12-8-6-9-13-21)22-14-10-7-11-15-22/h6-15,18-19,25H,4-5,16-17H2,1-3H3. The summed E-state index contributed by atoms with van der Waals surface area (Å²) in [5.41, 5.74) is 3.88. The number of aryl methyl sites for hydroxylation is 1. The Bertz CT molecular complexity index is 1200. The zero-order chi connectivity index (χ0) is 24.1. The first-order valence-corrected chi connectivity index (χ1v) is 12.9. The third kappa shape index (κ3) is 5.33. The molecule has 1 heterocycles. The minimum absolute atomic E-state index is 0.0346. The number of hydrogen-bond acceptors (Lipinski definition) is 4. The van der Waals surface area contributed by atoms with E-state index in [0.717, 1.165) is 51.7 Å². The first kappa shape index (κ1) is 24.4. The van der Waals surface area contributed by atoms with Crippen molar-refractivity contribution in [2.45, 2.75) is 26.7 Å². The zero-order valence-electron chi connectivity index (χ0n) is 19.9. The molecule has 0 fully saturated rings. The molecular weight excluding hydrogens is 462 g/mol. The topological polar surface area (TPSA) is 36.4 Å². The number of amides is 1. The van der Waals surface area contributed by atoms with E-state index in [0.29, 0.717) is 11.6 Å². The molecule has 6 heteroatoms. The smallest absolute Gasteiger partial charge is 0.240 e. The van der Waals surface area contributed by atoms with E-state index >= 15 is 0 Å². The number of likely N-dealkylation sites (N-methyl/N-ethyl adjacent to an activating group) is 1. The summed E-state index contributed by atoms with van der Waals surface area (Å²) in [5.74, 6) is -0.372. The summed E-state index contributed by atoms with van der Waals surface area (Å²) in [7, 11) is 0. The van der Waals surface area contributed by atoms with Crippen molar-refractivity contribution >= 4 is 44.2 Å². The van der Waals surface area contributed by atoms with E-state index in [1.165, 1.54) is 11.3 Å². The highest BCUT2D eigenvalue weighted by Gasteiger charge is 2.30. The van der Waals surface area contributed by atoms with Gasteiger partial charge in [0.2, 0.25) is 5.91 Å². The predicted molar refractivity (Wildman–Crippen MR) is 144 cm³/mol. The number of benzene rings is 3. The Morgan fingerprint density at radius 1 is 0.941 bits per heavy atom. The van der Waals surface area contributed by atoms with Gasteiger partial charge in [0.1, 0.15) is 0 Å². The van der Waals surface area contributed by atoms with Gasteiger partial charge >= 0.3 is 0 Å². The summed E-state index contributed by atoms with van der Waals surface area (Å²) in [5, 5.41) is 1.40. The highest BCUT2D eigenvalue weighted by atomic mass is 35.5. The van der Waals surface area contributed by atoms with Crippen LogP contribution < -0.4 is 4.90 Å². The van der Waals surface area contributed by atoms with Crippen LogP contribution in [0.1, 0.15) is 36.5 Å². The minimum Gasteiger partial charge on any atom is -0.302 e. The largest absolute Gasteiger partial charge is 0.302 e. The zero-order valence-corrected chi connectivity index (χ0v) is 21.4. The number of anilines is 1. The molecule has 34 heavy (non-hydrogen) atoms. The van der Waals surface area contributed by atoms with Crippen molar-refractivity contribution in [1.29, 1.82) is 0 Å². The Morgan fingerprint density at radius 3 is 2.09 bits per heavy atom. The normalized spacial score (nSPS) is 11.5. The van der Waals surface area contributed by atoms with Gasteiger partial charge in [0.05, 0.1) is 16.1 Å². The van der Waals surface area contributed by atoms with Crippen LogP contribution in [0.2, 0.25) is 5.02 Å². The fraction of sp³-hybridized carbons (Fsp3) is 0.286. The van der Waals surface area contributed by atoms with Gasteiger partial charge in [-0.3, -0.25) is 9.69 Å². The van der Waals surface area contributed by atoms with Crippen molar-refractivity contribution in [1.82, 2.24) is 9.88 Å². The molecule has 176 valence electrons. The lowest BCUT2D eigenvalue weighted by Gasteiger charge is -2.28. The van der Waals surface area contributed by atoms with E-state index in [9.17, 15) is 4.79 Å². The maximum atomic E-state index is 14.3.